The number of likely N-dealkylation sites (tertiary alicyclic amines) is 2. The summed E-state index contributed by atoms with van der Waals surface area (Å²) < 4.78 is 48.2. The lowest BCUT2D eigenvalue weighted by Gasteiger charge is -2.55. The lowest BCUT2D eigenvalue weighted by molar-refractivity contribution is -0.135. The van der Waals surface area contributed by atoms with E-state index in [1.807, 2.05) is 28.0 Å². The second-order valence-corrected chi connectivity index (χ2v) is 24.7. The number of piperidine rings is 4. The van der Waals surface area contributed by atoms with Gasteiger partial charge in [0.15, 0.2) is 5.82 Å². The van der Waals surface area contributed by atoms with Gasteiger partial charge in [0, 0.05) is 107 Å². The molecule has 0 aliphatic carbocycles. The van der Waals surface area contributed by atoms with E-state index in [0.717, 1.165) is 102 Å². The van der Waals surface area contributed by atoms with Crippen molar-refractivity contribution in [3.8, 4) is 35.4 Å². The van der Waals surface area contributed by atoms with E-state index < -0.39 is 29.2 Å². The second-order valence-electron chi connectivity index (χ2n) is 24.7. The molecular weight excluding hydrogens is 1050 g/mol. The number of aromatic hydroxyl groups is 1. The molecule has 0 radical (unpaired) electrons. The summed E-state index contributed by atoms with van der Waals surface area (Å²) in [6, 6.07) is 10.6. The van der Waals surface area contributed by atoms with E-state index in [2.05, 4.69) is 35.9 Å². The molecule has 3 aromatic heterocycles. The smallest absolute Gasteiger partial charge is 0.409 e. The number of phenols is 1. The lowest BCUT2D eigenvalue weighted by Crippen LogP contribution is -2.64. The van der Waals surface area contributed by atoms with E-state index >= 15 is 8.78 Å². The maximum absolute atomic E-state index is 17.3. The fourth-order valence-electron chi connectivity index (χ4n) is 15.1. The summed E-state index contributed by atoms with van der Waals surface area (Å²) in [5.74, 6) is 0.880. The Morgan fingerprint density at radius 2 is 1.70 bits per heavy atom. The third-order valence-electron chi connectivity index (χ3n) is 19.1. The van der Waals surface area contributed by atoms with Crippen LogP contribution < -0.4 is 25.5 Å². The number of carbonyl (C=O) groups excluding carboxylic acids is 3. The number of halogens is 2. The molecular formula is C61H69F2N11O8. The van der Waals surface area contributed by atoms with Crippen molar-refractivity contribution in [1.29, 1.82) is 0 Å². The van der Waals surface area contributed by atoms with Gasteiger partial charge in [0.25, 0.3) is 0 Å². The standard InChI is InChI=1S/C61H69F2N11O8/c1-4-42-45(62)10-8-38-26-41(75)28-43(50(38)42)52-51(63)53-44(29-64-52)54(71-21-5-17-59(2,80)32-71)67-56(66-53)82-36-61-19-7-23-73(61)40(14-20-61)31-81-58(79)72-22-6-18-60(35-72)33-69(34-60)30-37-15-24-70(25-16-37)39-9-11-46-48(27-39)68(3)57(78)74(46)47-12-13-49(76)65-55(47)77/h1,8-11,26-29,37,40,47,75,80H,5-7,12-25,30-36H2,2-3H3,(H,65,76,77)/t40-,47?,59+,61-/m0/s1. The van der Waals surface area contributed by atoms with E-state index in [-0.39, 0.29) is 100 Å². The van der Waals surface area contributed by atoms with E-state index in [1.165, 1.54) is 35.0 Å². The summed E-state index contributed by atoms with van der Waals surface area (Å²) in [5, 5.41) is 25.2. The molecule has 1 unspecified atom stereocenters. The number of phenolic OH excluding ortho intramolecular Hbond substituents is 1. The Bertz CT molecular complexity index is 3680. The summed E-state index contributed by atoms with van der Waals surface area (Å²) >= 11 is 0. The van der Waals surface area contributed by atoms with Crippen molar-refractivity contribution in [2.45, 2.75) is 107 Å². The molecule has 4 atom stereocenters. The van der Waals surface area contributed by atoms with E-state index in [1.54, 1.807) is 18.5 Å². The molecule has 0 bridgehead atoms. The summed E-state index contributed by atoms with van der Waals surface area (Å²) in [5.41, 5.74) is 0.625. The molecule has 7 saturated heterocycles. The van der Waals surface area contributed by atoms with Crippen LogP contribution >= 0.6 is 0 Å². The number of nitrogens with zero attached hydrogens (tertiary/aromatic N) is 10. The first kappa shape index (κ1) is 53.9. The first-order chi connectivity index (χ1) is 39.5. The van der Waals surface area contributed by atoms with Crippen LogP contribution in [0.1, 0.15) is 95.6 Å². The Kier molecular flexibility index (Phi) is 13.7. The van der Waals surface area contributed by atoms with Gasteiger partial charge in [-0.15, -0.1) is 6.42 Å². The van der Waals surface area contributed by atoms with Gasteiger partial charge in [0.05, 0.1) is 33.1 Å². The van der Waals surface area contributed by atoms with Gasteiger partial charge in [-0.2, -0.15) is 9.97 Å². The number of aryl methyl sites for hydroxylation is 1. The predicted molar refractivity (Wildman–Crippen MR) is 304 cm³/mol. The average molecular weight is 1120 g/mol. The molecule has 1 spiro atoms. The number of benzene rings is 3. The molecule has 7 fully saturated rings. The number of aromatic nitrogens is 5. The number of amides is 3. The number of aliphatic hydroxyl groups is 1. The highest BCUT2D eigenvalue weighted by atomic mass is 19.1. The summed E-state index contributed by atoms with van der Waals surface area (Å²) in [7, 11) is 1.72. The summed E-state index contributed by atoms with van der Waals surface area (Å²) in [6.07, 6.45) is 16.2. The number of ether oxygens (including phenoxy) is 2. The number of imidazole rings is 1. The monoisotopic (exact) mass is 1120 g/mol. The Hall–Kier alpha value is -7.41. The molecule has 7 aliphatic rings. The number of β-amino-alcohol motifs (C(OH)–C–C–N with tert-alkyl or cyclic N) is 1. The minimum atomic E-state index is -1.02. The third-order valence-corrected chi connectivity index (χ3v) is 19.1. The largest absolute Gasteiger partial charge is 0.508 e. The molecule has 10 heterocycles. The zero-order valence-electron chi connectivity index (χ0n) is 46.5. The maximum Gasteiger partial charge on any atom is 0.409 e. The molecule has 21 heteroatoms. The van der Waals surface area contributed by atoms with Crippen molar-refractivity contribution in [3.63, 3.8) is 0 Å². The minimum absolute atomic E-state index is 0.00686. The second kappa shape index (κ2) is 20.8. The number of carbonyl (C=O) groups is 3. The van der Waals surface area contributed by atoms with Crippen LogP contribution in [0.4, 0.5) is 25.1 Å². The molecule has 3 amide bonds. The molecule has 3 N–H and O–H groups in total. The molecule has 3 aromatic carbocycles. The van der Waals surface area contributed by atoms with Crippen LogP contribution in [0.3, 0.4) is 0 Å². The van der Waals surface area contributed by atoms with Gasteiger partial charge in [-0.05, 0) is 132 Å². The van der Waals surface area contributed by atoms with Crippen LogP contribution in [-0.4, -0.2) is 163 Å². The van der Waals surface area contributed by atoms with E-state index in [4.69, 9.17) is 20.9 Å². The highest BCUT2D eigenvalue weighted by Gasteiger charge is 2.51. The van der Waals surface area contributed by atoms with Crippen molar-refractivity contribution in [2.75, 3.05) is 88.5 Å². The zero-order chi connectivity index (χ0) is 56.8. The molecule has 430 valence electrons. The number of pyridine rings is 1. The van der Waals surface area contributed by atoms with Crippen molar-refractivity contribution in [1.82, 2.24) is 44.1 Å². The van der Waals surface area contributed by atoms with E-state index in [0.29, 0.717) is 66.9 Å². The first-order valence-electron chi connectivity index (χ1n) is 29.1. The number of terminal acetylenes is 1. The van der Waals surface area contributed by atoms with Gasteiger partial charge in [-0.25, -0.2) is 18.4 Å². The normalized spacial score (nSPS) is 25.2. The van der Waals surface area contributed by atoms with Gasteiger partial charge in [-0.1, -0.05) is 12.0 Å². The number of fused-ring (bicyclic) bond motifs is 4. The lowest BCUT2D eigenvalue weighted by atomic mass is 9.73. The number of rotatable bonds is 11. The van der Waals surface area contributed by atoms with Crippen LogP contribution in [0.2, 0.25) is 0 Å². The highest BCUT2D eigenvalue weighted by molar-refractivity contribution is 6.03. The van der Waals surface area contributed by atoms with Crippen molar-refractivity contribution < 1.29 is 42.9 Å². The SMILES string of the molecule is C#Cc1c(F)ccc2cc(O)cc(-c3ncc4c(N5CCC[C@@](C)(O)C5)nc(OC[C@@]56CCCN5[C@H](COC(=O)N5CCCC7(CN(CC8CCN(c9ccc%10c(c9)n(C)c(=O)n%10C9CCC(=O)NC9=O)CC8)C7)C5)CC6)nc4c3F)c12. The quantitative estimate of drug-likeness (QED) is 0.0922. The fraction of sp³-hybridized carbons (Fsp3) is 0.525. The maximum atomic E-state index is 17.3. The van der Waals surface area contributed by atoms with Gasteiger partial charge < -0.3 is 39.3 Å². The number of anilines is 2. The van der Waals surface area contributed by atoms with Crippen molar-refractivity contribution >= 4 is 62.1 Å². The number of hydrogen-bond acceptors (Lipinski definition) is 15. The van der Waals surface area contributed by atoms with Crippen LogP contribution in [0.25, 0.3) is 44.0 Å². The Labute approximate surface area is 473 Å². The Morgan fingerprint density at radius 1 is 0.890 bits per heavy atom. The fourth-order valence-corrected chi connectivity index (χ4v) is 15.1. The van der Waals surface area contributed by atoms with Gasteiger partial charge in [0.1, 0.15) is 47.9 Å². The van der Waals surface area contributed by atoms with Crippen molar-refractivity contribution in [2.24, 2.45) is 18.4 Å². The third kappa shape index (κ3) is 9.63. The van der Waals surface area contributed by atoms with Crippen LogP contribution in [-0.2, 0) is 21.4 Å². The minimum Gasteiger partial charge on any atom is -0.508 e. The first-order valence-corrected chi connectivity index (χ1v) is 29.1. The molecule has 13 rings (SSSR count). The average Bonchev–Trinajstić information content (AvgIpc) is 4.22. The van der Waals surface area contributed by atoms with E-state index in [9.17, 15) is 29.4 Å². The zero-order valence-corrected chi connectivity index (χ0v) is 46.5. The molecule has 0 saturated carbocycles. The Balaban J connectivity index is 0.630. The highest BCUT2D eigenvalue weighted by Crippen LogP contribution is 2.45. The number of imide groups is 1. The molecule has 19 nitrogen and oxygen atoms in total. The van der Waals surface area contributed by atoms with Gasteiger partial charge in [0.2, 0.25) is 11.8 Å². The summed E-state index contributed by atoms with van der Waals surface area (Å²) in [4.78, 5) is 77.0. The van der Waals surface area contributed by atoms with Gasteiger partial charge >= 0.3 is 17.8 Å². The molecule has 6 aromatic rings. The van der Waals surface area contributed by atoms with Crippen LogP contribution in [0, 0.1) is 35.3 Å². The summed E-state index contributed by atoms with van der Waals surface area (Å²) in [6.45, 7) is 9.92. The number of nitrogens with one attached hydrogen (secondary N) is 1. The number of hydrogen-bond donors (Lipinski definition) is 3. The molecule has 7 aliphatic heterocycles. The molecule has 82 heavy (non-hydrogen) atoms. The predicted octanol–water partition coefficient (Wildman–Crippen LogP) is 6.62. The van der Waals surface area contributed by atoms with Crippen LogP contribution in [0.15, 0.2) is 53.5 Å². The Morgan fingerprint density at radius 3 is 2.49 bits per heavy atom. The van der Waals surface area contributed by atoms with Gasteiger partial charge in [-0.3, -0.25) is 33.9 Å². The van der Waals surface area contributed by atoms with Crippen molar-refractivity contribution in [3.05, 3.63) is 76.3 Å². The van der Waals surface area contributed by atoms with Crippen LogP contribution in [0.5, 0.6) is 11.8 Å². The topological polar surface area (TPSA) is 204 Å².